The lowest BCUT2D eigenvalue weighted by atomic mass is 10.0. The third-order valence-electron chi connectivity index (χ3n) is 4.70. The number of alkyl halides is 3. The average Bonchev–Trinajstić information content (AvgIpc) is 3.40. The third-order valence-corrected chi connectivity index (χ3v) is 5.55. The monoisotopic (exact) mass is 422 g/mol. The number of nitrogens with zero attached hydrogens (tertiary/aromatic N) is 3. The molecule has 1 aliphatic rings. The van der Waals surface area contributed by atoms with E-state index in [0.29, 0.717) is 48.2 Å². The maximum atomic E-state index is 12.7. The second-order valence-electron chi connectivity index (χ2n) is 6.65. The van der Waals surface area contributed by atoms with E-state index in [4.69, 9.17) is 4.42 Å². The lowest BCUT2D eigenvalue weighted by Gasteiger charge is -2.33. The van der Waals surface area contributed by atoms with E-state index in [2.05, 4.69) is 15.3 Å². The first-order valence-corrected chi connectivity index (χ1v) is 9.86. The van der Waals surface area contributed by atoms with E-state index >= 15 is 0 Å². The van der Waals surface area contributed by atoms with Gasteiger partial charge in [0.2, 0.25) is 0 Å². The number of furan rings is 1. The fraction of sp³-hybridized carbons (Fsp3) is 0.316. The fourth-order valence-electron chi connectivity index (χ4n) is 3.14. The first-order chi connectivity index (χ1) is 13.9. The summed E-state index contributed by atoms with van der Waals surface area (Å²) in [5.41, 5.74) is -0.422. The molecule has 3 aromatic rings. The van der Waals surface area contributed by atoms with E-state index in [0.717, 1.165) is 12.3 Å². The Kier molecular flexibility index (Phi) is 5.27. The molecule has 0 saturated carbocycles. The molecule has 1 amide bonds. The summed E-state index contributed by atoms with van der Waals surface area (Å²) in [5.74, 6) is 0.877. The summed E-state index contributed by atoms with van der Waals surface area (Å²) in [6.45, 7) is 1.19. The van der Waals surface area contributed by atoms with Crippen LogP contribution in [0.2, 0.25) is 0 Å². The number of anilines is 1. The van der Waals surface area contributed by atoms with Crippen LogP contribution in [0.4, 0.5) is 19.0 Å². The quantitative estimate of drug-likeness (QED) is 0.682. The Labute approximate surface area is 168 Å². The van der Waals surface area contributed by atoms with Gasteiger partial charge in [0, 0.05) is 30.7 Å². The van der Waals surface area contributed by atoms with Crippen LogP contribution in [-0.2, 0) is 6.18 Å². The van der Waals surface area contributed by atoms with Gasteiger partial charge in [-0.3, -0.25) is 4.79 Å². The van der Waals surface area contributed by atoms with Gasteiger partial charge >= 0.3 is 6.18 Å². The number of carbonyl (C=O) groups is 1. The highest BCUT2D eigenvalue weighted by Crippen LogP contribution is 2.30. The Morgan fingerprint density at radius 2 is 2.03 bits per heavy atom. The minimum atomic E-state index is -4.39. The molecule has 1 saturated heterocycles. The lowest BCUT2D eigenvalue weighted by Crippen LogP contribution is -2.45. The first-order valence-electron chi connectivity index (χ1n) is 8.98. The van der Waals surface area contributed by atoms with E-state index in [-0.39, 0.29) is 11.9 Å². The molecular formula is C19H17F3N4O2S. The van der Waals surface area contributed by atoms with Gasteiger partial charge in [-0.2, -0.15) is 13.2 Å². The van der Waals surface area contributed by atoms with Gasteiger partial charge in [-0.15, -0.1) is 11.3 Å². The van der Waals surface area contributed by atoms with Gasteiger partial charge in [-0.25, -0.2) is 9.97 Å². The average molecular weight is 422 g/mol. The van der Waals surface area contributed by atoms with Crippen LogP contribution in [0.15, 0.2) is 46.5 Å². The fourth-order valence-corrected chi connectivity index (χ4v) is 3.91. The molecule has 0 unspecified atom stereocenters. The van der Waals surface area contributed by atoms with Gasteiger partial charge in [-0.1, -0.05) is 0 Å². The maximum absolute atomic E-state index is 12.7. The number of hydrogen-bond donors (Lipinski definition) is 1. The van der Waals surface area contributed by atoms with Gasteiger partial charge in [0.1, 0.15) is 11.5 Å². The molecule has 3 aromatic heterocycles. The maximum Gasteiger partial charge on any atom is 0.417 e. The molecule has 0 aliphatic carbocycles. The zero-order valence-electron chi connectivity index (χ0n) is 15.1. The summed E-state index contributed by atoms with van der Waals surface area (Å²) in [4.78, 5) is 22.6. The van der Waals surface area contributed by atoms with E-state index in [1.165, 1.54) is 17.4 Å². The molecule has 1 aliphatic heterocycles. The molecule has 0 aromatic carbocycles. The first kappa shape index (κ1) is 19.4. The van der Waals surface area contributed by atoms with Crippen LogP contribution in [0.25, 0.3) is 10.8 Å². The minimum Gasteiger partial charge on any atom is -0.462 e. The highest BCUT2D eigenvalue weighted by molar-refractivity contribution is 7.13. The zero-order chi connectivity index (χ0) is 20.4. The predicted octanol–water partition coefficient (Wildman–Crippen LogP) is 4.22. The number of aromatic nitrogens is 2. The van der Waals surface area contributed by atoms with E-state index in [1.54, 1.807) is 23.8 Å². The number of thiazole rings is 1. The van der Waals surface area contributed by atoms with Crippen molar-refractivity contribution in [3.8, 4) is 10.8 Å². The summed E-state index contributed by atoms with van der Waals surface area (Å²) in [6, 6.07) is 5.94. The predicted molar refractivity (Wildman–Crippen MR) is 102 cm³/mol. The van der Waals surface area contributed by atoms with Gasteiger partial charge in [0.05, 0.1) is 11.8 Å². The Morgan fingerprint density at radius 3 is 2.66 bits per heavy atom. The SMILES string of the molecule is O=C(NC1CCN(c2ccc(C(F)(F)F)cn2)CC1)c1csc(-c2ccco2)n1. The van der Waals surface area contributed by atoms with Gasteiger partial charge in [-0.05, 0) is 37.1 Å². The summed E-state index contributed by atoms with van der Waals surface area (Å²) >= 11 is 1.34. The molecule has 10 heteroatoms. The summed E-state index contributed by atoms with van der Waals surface area (Å²) in [5, 5.41) is 5.30. The van der Waals surface area contributed by atoms with Crippen molar-refractivity contribution in [1.82, 2.24) is 15.3 Å². The molecule has 1 N–H and O–H groups in total. The molecule has 0 atom stereocenters. The normalized spacial score (nSPS) is 15.5. The van der Waals surface area contributed by atoms with Crippen LogP contribution in [0.1, 0.15) is 28.9 Å². The second-order valence-corrected chi connectivity index (χ2v) is 7.51. The Morgan fingerprint density at radius 1 is 1.24 bits per heavy atom. The molecule has 0 bridgehead atoms. The minimum absolute atomic E-state index is 0.0260. The van der Waals surface area contributed by atoms with Gasteiger partial charge in [0.15, 0.2) is 10.8 Å². The van der Waals surface area contributed by atoms with Gasteiger partial charge < -0.3 is 14.6 Å². The zero-order valence-corrected chi connectivity index (χ0v) is 16.0. The van der Waals surface area contributed by atoms with Crippen LogP contribution in [0, 0.1) is 0 Å². The van der Waals surface area contributed by atoms with Crippen LogP contribution in [0.5, 0.6) is 0 Å². The van der Waals surface area contributed by atoms with Crippen molar-refractivity contribution in [2.24, 2.45) is 0 Å². The number of amides is 1. The van der Waals surface area contributed by atoms with Crippen LogP contribution < -0.4 is 10.2 Å². The van der Waals surface area contributed by atoms with Gasteiger partial charge in [0.25, 0.3) is 5.91 Å². The number of halogens is 3. The Balaban J connectivity index is 1.31. The molecule has 6 nitrogen and oxygen atoms in total. The molecule has 29 heavy (non-hydrogen) atoms. The number of nitrogens with one attached hydrogen (secondary N) is 1. The largest absolute Gasteiger partial charge is 0.462 e. The van der Waals surface area contributed by atoms with E-state index < -0.39 is 11.7 Å². The summed E-state index contributed by atoms with van der Waals surface area (Å²) in [6.07, 6.45) is -0.652. The molecule has 0 radical (unpaired) electrons. The van der Waals surface area contributed by atoms with Crippen LogP contribution in [-0.4, -0.2) is 35.0 Å². The lowest BCUT2D eigenvalue weighted by molar-refractivity contribution is -0.137. The van der Waals surface area contributed by atoms with Crippen LogP contribution in [0.3, 0.4) is 0 Å². The van der Waals surface area contributed by atoms with Crippen molar-refractivity contribution in [2.75, 3.05) is 18.0 Å². The van der Waals surface area contributed by atoms with Crippen molar-refractivity contribution in [1.29, 1.82) is 0 Å². The summed E-state index contributed by atoms with van der Waals surface area (Å²) in [7, 11) is 0. The molecule has 4 heterocycles. The summed E-state index contributed by atoms with van der Waals surface area (Å²) < 4.78 is 43.2. The van der Waals surface area contributed by atoms with Crippen LogP contribution >= 0.6 is 11.3 Å². The Hall–Kier alpha value is -2.88. The number of hydrogen-bond acceptors (Lipinski definition) is 6. The Bertz CT molecular complexity index is 962. The van der Waals surface area contributed by atoms with E-state index in [1.807, 2.05) is 4.90 Å². The molecule has 152 valence electrons. The number of pyridine rings is 1. The number of rotatable bonds is 4. The third kappa shape index (κ3) is 4.42. The van der Waals surface area contributed by atoms with Crippen molar-refractivity contribution >= 4 is 23.1 Å². The standard InChI is InChI=1S/C19H17F3N4O2S/c20-19(21,22)12-3-4-16(23-10-12)26-7-5-13(6-8-26)24-17(27)14-11-29-18(25-14)15-2-1-9-28-15/h1-4,9-11,13H,5-8H2,(H,24,27). The number of carbonyl (C=O) groups excluding carboxylic acids is 1. The van der Waals surface area contributed by atoms with Crippen molar-refractivity contribution in [3.05, 3.63) is 53.4 Å². The number of piperidine rings is 1. The highest BCUT2D eigenvalue weighted by Gasteiger charge is 2.31. The topological polar surface area (TPSA) is 71.3 Å². The molecule has 4 rings (SSSR count). The van der Waals surface area contributed by atoms with E-state index in [9.17, 15) is 18.0 Å². The second kappa shape index (κ2) is 7.86. The molecule has 1 fully saturated rings. The molecule has 0 spiro atoms. The van der Waals surface area contributed by atoms with Crippen molar-refractivity contribution < 1.29 is 22.4 Å². The smallest absolute Gasteiger partial charge is 0.417 e. The van der Waals surface area contributed by atoms with Crippen molar-refractivity contribution in [3.63, 3.8) is 0 Å². The molecular weight excluding hydrogens is 405 g/mol. The highest BCUT2D eigenvalue weighted by atomic mass is 32.1. The van der Waals surface area contributed by atoms with Crippen molar-refractivity contribution in [2.45, 2.75) is 25.1 Å².